The second-order valence-corrected chi connectivity index (χ2v) is 5.11. The summed E-state index contributed by atoms with van der Waals surface area (Å²) in [6.07, 6.45) is 0.412. The van der Waals surface area contributed by atoms with Crippen LogP contribution >= 0.6 is 11.6 Å². The number of benzene rings is 1. The highest BCUT2D eigenvalue weighted by atomic mass is 35.5. The van der Waals surface area contributed by atoms with E-state index in [4.69, 9.17) is 17.3 Å². The first kappa shape index (κ1) is 14.0. The number of hydrogen-bond donors (Lipinski definition) is 1. The first-order chi connectivity index (χ1) is 8.97. The molecule has 2 nitrogen and oxygen atoms in total. The Morgan fingerprint density at radius 1 is 1.26 bits per heavy atom. The maximum atomic E-state index is 13.8. The minimum Gasteiger partial charge on any atom is -0.324 e. The maximum Gasteiger partial charge on any atom is 0.145 e. The van der Waals surface area contributed by atoms with E-state index in [0.29, 0.717) is 12.0 Å². The average Bonchev–Trinajstić information content (AvgIpc) is 2.33. The van der Waals surface area contributed by atoms with E-state index in [0.717, 1.165) is 17.0 Å². The summed E-state index contributed by atoms with van der Waals surface area (Å²) in [5.74, 6) is -0.387. The molecular formula is C15H16ClFN2. The fourth-order valence-corrected chi connectivity index (χ4v) is 2.34. The lowest BCUT2D eigenvalue weighted by atomic mass is 9.99. The lowest BCUT2D eigenvalue weighted by Crippen LogP contribution is -2.15. The molecule has 2 N–H and O–H groups in total. The molecule has 100 valence electrons. The third kappa shape index (κ3) is 3.31. The largest absolute Gasteiger partial charge is 0.324 e. The Balaban J connectivity index is 2.25. The molecule has 19 heavy (non-hydrogen) atoms. The van der Waals surface area contributed by atoms with Crippen molar-refractivity contribution in [2.24, 2.45) is 5.73 Å². The zero-order valence-corrected chi connectivity index (χ0v) is 11.7. The number of aryl methyl sites for hydroxylation is 2. The summed E-state index contributed by atoms with van der Waals surface area (Å²) in [6.45, 7) is 3.84. The van der Waals surface area contributed by atoms with Crippen LogP contribution in [0.4, 0.5) is 4.39 Å². The second-order valence-electron chi connectivity index (χ2n) is 4.71. The molecule has 1 atom stereocenters. The van der Waals surface area contributed by atoms with Gasteiger partial charge < -0.3 is 5.73 Å². The smallest absolute Gasteiger partial charge is 0.145 e. The van der Waals surface area contributed by atoms with Gasteiger partial charge in [0.05, 0.1) is 5.02 Å². The van der Waals surface area contributed by atoms with Gasteiger partial charge >= 0.3 is 0 Å². The molecule has 2 aromatic rings. The van der Waals surface area contributed by atoms with Crippen LogP contribution in [0.15, 0.2) is 30.3 Å². The fraction of sp³-hybridized carbons (Fsp3) is 0.267. The molecule has 0 aliphatic heterocycles. The van der Waals surface area contributed by atoms with E-state index in [9.17, 15) is 4.39 Å². The third-order valence-corrected chi connectivity index (χ3v) is 3.30. The van der Waals surface area contributed by atoms with Crippen molar-refractivity contribution in [2.75, 3.05) is 0 Å². The van der Waals surface area contributed by atoms with Gasteiger partial charge in [-0.1, -0.05) is 23.7 Å². The zero-order valence-electron chi connectivity index (χ0n) is 11.0. The number of aromatic nitrogens is 1. The van der Waals surface area contributed by atoms with E-state index in [1.807, 2.05) is 26.0 Å². The van der Waals surface area contributed by atoms with E-state index in [1.54, 1.807) is 12.1 Å². The number of pyridine rings is 1. The summed E-state index contributed by atoms with van der Waals surface area (Å²) in [5, 5.41) is 0.131. The van der Waals surface area contributed by atoms with E-state index in [1.165, 1.54) is 6.07 Å². The van der Waals surface area contributed by atoms with Crippen LogP contribution in [0, 0.1) is 19.7 Å². The molecule has 1 aromatic carbocycles. The quantitative estimate of drug-likeness (QED) is 0.929. The molecule has 0 aliphatic carbocycles. The van der Waals surface area contributed by atoms with Crippen LogP contribution in [0.5, 0.6) is 0 Å². The van der Waals surface area contributed by atoms with Gasteiger partial charge in [0, 0.05) is 17.4 Å². The minimum atomic E-state index is -0.387. The number of nitrogens with two attached hydrogens (primary N) is 1. The van der Waals surface area contributed by atoms with Crippen molar-refractivity contribution < 1.29 is 4.39 Å². The lowest BCUT2D eigenvalue weighted by molar-refractivity contribution is 0.593. The van der Waals surface area contributed by atoms with E-state index >= 15 is 0 Å². The Bertz CT molecular complexity index is 578. The van der Waals surface area contributed by atoms with Crippen molar-refractivity contribution in [1.82, 2.24) is 4.98 Å². The topological polar surface area (TPSA) is 38.9 Å². The first-order valence-electron chi connectivity index (χ1n) is 6.11. The summed E-state index contributed by atoms with van der Waals surface area (Å²) in [4.78, 5) is 4.30. The van der Waals surface area contributed by atoms with Crippen LogP contribution in [0.3, 0.4) is 0 Å². The predicted molar refractivity (Wildman–Crippen MR) is 75.8 cm³/mol. The number of hydrogen-bond acceptors (Lipinski definition) is 2. The van der Waals surface area contributed by atoms with E-state index in [-0.39, 0.29) is 16.9 Å². The van der Waals surface area contributed by atoms with Crippen LogP contribution in [0.1, 0.15) is 28.6 Å². The van der Waals surface area contributed by atoms with Crippen molar-refractivity contribution in [3.63, 3.8) is 0 Å². The first-order valence-corrected chi connectivity index (χ1v) is 6.49. The molecule has 1 heterocycles. The van der Waals surface area contributed by atoms with Crippen molar-refractivity contribution in [3.8, 4) is 0 Å². The highest BCUT2D eigenvalue weighted by Crippen LogP contribution is 2.23. The minimum absolute atomic E-state index is 0.131. The van der Waals surface area contributed by atoms with Gasteiger partial charge in [-0.25, -0.2) is 4.39 Å². The number of halogens is 2. The van der Waals surface area contributed by atoms with Gasteiger partial charge in [0.15, 0.2) is 0 Å². The molecule has 1 aromatic heterocycles. The monoisotopic (exact) mass is 278 g/mol. The van der Waals surface area contributed by atoms with Gasteiger partial charge in [-0.2, -0.15) is 0 Å². The Labute approximate surface area is 117 Å². The van der Waals surface area contributed by atoms with Crippen molar-refractivity contribution >= 4 is 11.6 Å². The molecule has 2 rings (SSSR count). The molecule has 0 amide bonds. The van der Waals surface area contributed by atoms with Gasteiger partial charge in [0.1, 0.15) is 5.82 Å². The molecule has 0 bridgehead atoms. The van der Waals surface area contributed by atoms with Crippen molar-refractivity contribution in [3.05, 3.63) is 63.7 Å². The van der Waals surface area contributed by atoms with Gasteiger partial charge in [0.2, 0.25) is 0 Å². The predicted octanol–water partition coefficient (Wildman–Crippen LogP) is 3.73. The summed E-state index contributed by atoms with van der Waals surface area (Å²) in [5.41, 5.74) is 9.47. The Morgan fingerprint density at radius 2 is 1.89 bits per heavy atom. The van der Waals surface area contributed by atoms with Crippen molar-refractivity contribution in [1.29, 1.82) is 0 Å². The van der Waals surface area contributed by atoms with Gasteiger partial charge in [-0.05, 0) is 49.6 Å². The molecule has 1 unspecified atom stereocenters. The van der Waals surface area contributed by atoms with Gasteiger partial charge in [-0.15, -0.1) is 0 Å². The molecule has 0 aliphatic rings. The SMILES string of the molecule is Cc1cc(C(N)Cc2cccc(Cl)c2F)cc(C)n1. The summed E-state index contributed by atoms with van der Waals surface area (Å²) in [6, 6.07) is 8.57. The average molecular weight is 279 g/mol. The van der Waals surface area contributed by atoms with Crippen LogP contribution < -0.4 is 5.73 Å². The summed E-state index contributed by atoms with van der Waals surface area (Å²) in [7, 11) is 0. The van der Waals surface area contributed by atoms with Crippen LogP contribution in [-0.2, 0) is 6.42 Å². The third-order valence-electron chi connectivity index (χ3n) is 3.00. The molecule has 4 heteroatoms. The molecule has 0 radical (unpaired) electrons. The number of nitrogens with zero attached hydrogens (tertiary/aromatic N) is 1. The summed E-state index contributed by atoms with van der Waals surface area (Å²) >= 11 is 5.77. The lowest BCUT2D eigenvalue weighted by Gasteiger charge is -2.14. The van der Waals surface area contributed by atoms with Gasteiger partial charge in [0.25, 0.3) is 0 Å². The van der Waals surface area contributed by atoms with Gasteiger partial charge in [-0.3, -0.25) is 4.98 Å². The molecular weight excluding hydrogens is 263 g/mol. The molecule has 0 saturated heterocycles. The molecule has 0 spiro atoms. The van der Waals surface area contributed by atoms with Crippen LogP contribution in [-0.4, -0.2) is 4.98 Å². The second kappa shape index (κ2) is 5.68. The normalized spacial score (nSPS) is 12.5. The van der Waals surface area contributed by atoms with E-state index in [2.05, 4.69) is 4.98 Å². The Morgan fingerprint density at radius 3 is 2.53 bits per heavy atom. The molecule has 0 fully saturated rings. The summed E-state index contributed by atoms with van der Waals surface area (Å²) < 4.78 is 13.8. The highest BCUT2D eigenvalue weighted by Gasteiger charge is 2.13. The highest BCUT2D eigenvalue weighted by molar-refractivity contribution is 6.30. The Kier molecular flexibility index (Phi) is 4.17. The standard InChI is InChI=1S/C15H16ClFN2/c1-9-6-12(7-10(2)19-9)14(18)8-11-4-3-5-13(16)15(11)17/h3-7,14H,8,18H2,1-2H3. The molecule has 0 saturated carbocycles. The van der Waals surface area contributed by atoms with E-state index < -0.39 is 0 Å². The van der Waals surface area contributed by atoms with Crippen LogP contribution in [0.2, 0.25) is 5.02 Å². The zero-order chi connectivity index (χ0) is 14.0. The van der Waals surface area contributed by atoms with Crippen molar-refractivity contribution in [2.45, 2.75) is 26.3 Å². The van der Waals surface area contributed by atoms with Crippen LogP contribution in [0.25, 0.3) is 0 Å². The Hall–Kier alpha value is -1.45. The fourth-order valence-electron chi connectivity index (χ4n) is 2.14. The maximum absolute atomic E-state index is 13.8. The number of rotatable bonds is 3.